The molecule has 35 heavy (non-hydrogen) atoms. The first-order chi connectivity index (χ1) is 16.8. The highest BCUT2D eigenvalue weighted by Gasteiger charge is 2.32. The third kappa shape index (κ3) is 5.11. The van der Waals surface area contributed by atoms with Crippen LogP contribution in [0.2, 0.25) is 0 Å². The molecule has 3 heterocycles. The Hall–Kier alpha value is -3.54. The van der Waals surface area contributed by atoms with Gasteiger partial charge in [0.25, 0.3) is 10.0 Å². The number of aromatic nitrogens is 3. The number of rotatable bonds is 7. The molecule has 1 aliphatic heterocycles. The zero-order chi connectivity index (χ0) is 24.6. The van der Waals surface area contributed by atoms with Gasteiger partial charge in [-0.15, -0.1) is 11.3 Å². The van der Waals surface area contributed by atoms with Crippen molar-refractivity contribution in [2.45, 2.75) is 26.6 Å². The molecule has 0 saturated carbocycles. The third-order valence-corrected chi connectivity index (χ3v) is 7.43. The third-order valence-electron chi connectivity index (χ3n) is 5.72. The highest BCUT2D eigenvalue weighted by Crippen LogP contribution is 2.28. The van der Waals surface area contributed by atoms with Crippen molar-refractivity contribution >= 4 is 37.4 Å². The van der Waals surface area contributed by atoms with Gasteiger partial charge in [0.2, 0.25) is 0 Å². The quantitative estimate of drug-likeness (QED) is 0.389. The van der Waals surface area contributed by atoms with Gasteiger partial charge in [-0.1, -0.05) is 36.4 Å². The summed E-state index contributed by atoms with van der Waals surface area (Å²) in [6.45, 7) is 4.65. The van der Waals surface area contributed by atoms with Crippen molar-refractivity contribution in [2.24, 2.45) is 5.14 Å². The first kappa shape index (κ1) is 23.2. The molecule has 0 fully saturated rings. The summed E-state index contributed by atoms with van der Waals surface area (Å²) in [5.74, 6) is 1.20. The minimum absolute atomic E-state index is 0.0649. The molecule has 2 aromatic heterocycles. The van der Waals surface area contributed by atoms with Gasteiger partial charge in [-0.05, 0) is 31.5 Å². The van der Waals surface area contributed by atoms with E-state index in [1.165, 1.54) is 0 Å². The van der Waals surface area contributed by atoms with Gasteiger partial charge in [-0.2, -0.15) is 0 Å². The van der Waals surface area contributed by atoms with Crippen LogP contribution in [0.3, 0.4) is 0 Å². The zero-order valence-electron chi connectivity index (χ0n) is 19.3. The number of nitrogens with zero attached hydrogens (tertiary/aromatic N) is 5. The maximum absolute atomic E-state index is 12.4. The van der Waals surface area contributed by atoms with Crippen molar-refractivity contribution in [1.82, 2.24) is 24.8 Å². The van der Waals surface area contributed by atoms with Crippen LogP contribution in [-0.2, 0) is 16.6 Å². The van der Waals surface area contributed by atoms with Gasteiger partial charge in [0.1, 0.15) is 11.6 Å². The average molecular weight is 508 g/mol. The Morgan fingerprint density at radius 2 is 1.94 bits per heavy atom. The molecule has 0 bridgehead atoms. The maximum atomic E-state index is 12.4. The van der Waals surface area contributed by atoms with Crippen LogP contribution in [0.1, 0.15) is 18.3 Å². The van der Waals surface area contributed by atoms with Gasteiger partial charge in [0.05, 0.1) is 34.3 Å². The van der Waals surface area contributed by atoms with E-state index < -0.39 is 16.2 Å². The normalized spacial score (nSPS) is 14.9. The predicted octanol–water partition coefficient (Wildman–Crippen LogP) is 3.68. The molecule has 0 aliphatic carbocycles. The van der Waals surface area contributed by atoms with Crippen molar-refractivity contribution in [3.05, 3.63) is 82.7 Å². The van der Waals surface area contributed by atoms with E-state index in [2.05, 4.69) is 26.3 Å². The lowest BCUT2D eigenvalue weighted by Crippen LogP contribution is -2.42. The highest BCUT2D eigenvalue weighted by atomic mass is 32.2. The van der Waals surface area contributed by atoms with E-state index in [1.54, 1.807) is 22.4 Å². The molecule has 4 aromatic rings. The van der Waals surface area contributed by atoms with Crippen molar-refractivity contribution in [3.8, 4) is 11.3 Å². The Balaban J connectivity index is 1.38. The number of nitrogens with two attached hydrogens (primary N) is 1. The van der Waals surface area contributed by atoms with E-state index in [0.29, 0.717) is 24.9 Å². The lowest BCUT2D eigenvalue weighted by Gasteiger charge is -2.30. The number of hydrogen-bond donors (Lipinski definition) is 2. The van der Waals surface area contributed by atoms with Crippen LogP contribution >= 0.6 is 11.3 Å². The molecule has 0 spiro atoms. The Kier molecular flexibility index (Phi) is 6.13. The number of thiazole rings is 1. The summed E-state index contributed by atoms with van der Waals surface area (Å²) in [5, 5.41) is 8.95. The molecule has 0 radical (unpaired) electrons. The molecular formula is C24H25N7O2S2. The van der Waals surface area contributed by atoms with Crippen molar-refractivity contribution < 1.29 is 8.42 Å². The summed E-state index contributed by atoms with van der Waals surface area (Å²) in [6.07, 6.45) is 1.20. The molecule has 9 nitrogen and oxygen atoms in total. The maximum Gasteiger partial charge on any atom is 0.254 e. The van der Waals surface area contributed by atoms with Crippen LogP contribution < -0.4 is 10.5 Å². The fourth-order valence-electron chi connectivity index (χ4n) is 4.10. The van der Waals surface area contributed by atoms with E-state index in [9.17, 15) is 8.42 Å². The molecule has 0 saturated heterocycles. The lowest BCUT2D eigenvalue weighted by atomic mass is 10.1. The van der Waals surface area contributed by atoms with Gasteiger partial charge < -0.3 is 15.1 Å². The Labute approximate surface area is 208 Å². The number of primary sulfonamides is 1. The summed E-state index contributed by atoms with van der Waals surface area (Å²) in [6, 6.07) is 17.8. The largest absolute Gasteiger partial charge is 0.353 e. The number of nitrogens with one attached hydrogen (secondary N) is 1. The number of hydrogen-bond acceptors (Lipinski definition) is 9. The van der Waals surface area contributed by atoms with Crippen molar-refractivity contribution in [2.75, 3.05) is 12.0 Å². The number of anilines is 1. The minimum atomic E-state index is -3.92. The van der Waals surface area contributed by atoms with Crippen LogP contribution in [0.15, 0.2) is 71.3 Å². The van der Waals surface area contributed by atoms with Gasteiger partial charge in [0.15, 0.2) is 5.03 Å². The molecule has 11 heteroatoms. The van der Waals surface area contributed by atoms with E-state index in [0.717, 1.165) is 27.0 Å². The minimum Gasteiger partial charge on any atom is -0.353 e. The molecule has 180 valence electrons. The van der Waals surface area contributed by atoms with E-state index in [1.807, 2.05) is 72.8 Å². The smallest absolute Gasteiger partial charge is 0.254 e. The van der Waals surface area contributed by atoms with Gasteiger partial charge >= 0.3 is 0 Å². The second-order valence-corrected chi connectivity index (χ2v) is 10.8. The zero-order valence-corrected chi connectivity index (χ0v) is 20.9. The SMILES string of the molecule is Cc1nc(NC(C)N2CN(Cc3ccccc3)C=C2S(N)(=O)=O)cc(-c2ccc3ncsc3c2)n1. The van der Waals surface area contributed by atoms with Gasteiger partial charge in [0, 0.05) is 24.4 Å². The number of aryl methyl sites for hydroxylation is 1. The average Bonchev–Trinajstić information content (AvgIpc) is 3.46. The topological polar surface area (TPSA) is 117 Å². The fourth-order valence-corrected chi connectivity index (χ4v) is 5.65. The van der Waals surface area contributed by atoms with E-state index in [-0.39, 0.29) is 5.03 Å². The summed E-state index contributed by atoms with van der Waals surface area (Å²) in [7, 11) is -3.92. The molecule has 0 amide bonds. The van der Waals surface area contributed by atoms with Gasteiger partial charge in [-0.3, -0.25) is 0 Å². The summed E-state index contributed by atoms with van der Waals surface area (Å²) >= 11 is 1.58. The predicted molar refractivity (Wildman–Crippen MR) is 138 cm³/mol. The monoisotopic (exact) mass is 507 g/mol. The molecule has 5 rings (SSSR count). The Morgan fingerprint density at radius 1 is 1.14 bits per heavy atom. The molecule has 1 aliphatic rings. The van der Waals surface area contributed by atoms with Crippen molar-refractivity contribution in [1.29, 1.82) is 0 Å². The van der Waals surface area contributed by atoms with E-state index in [4.69, 9.17) is 5.14 Å². The molecule has 3 N–H and O–H groups in total. The Morgan fingerprint density at radius 3 is 2.71 bits per heavy atom. The second kappa shape index (κ2) is 9.25. The van der Waals surface area contributed by atoms with E-state index >= 15 is 0 Å². The molecule has 2 aromatic carbocycles. The highest BCUT2D eigenvalue weighted by molar-refractivity contribution is 7.93. The van der Waals surface area contributed by atoms with Crippen LogP contribution in [0.5, 0.6) is 0 Å². The number of fused-ring (bicyclic) bond motifs is 1. The van der Waals surface area contributed by atoms with Crippen LogP contribution in [-0.4, -0.2) is 46.0 Å². The second-order valence-electron chi connectivity index (χ2n) is 8.40. The molecule has 1 atom stereocenters. The lowest BCUT2D eigenvalue weighted by molar-refractivity contribution is 0.225. The summed E-state index contributed by atoms with van der Waals surface area (Å²) < 4.78 is 25.8. The first-order valence-electron chi connectivity index (χ1n) is 11.0. The fraction of sp³-hybridized carbons (Fsp3) is 0.208. The van der Waals surface area contributed by atoms with Crippen LogP contribution in [0, 0.1) is 6.92 Å². The number of sulfonamides is 1. The van der Waals surface area contributed by atoms with Crippen LogP contribution in [0.25, 0.3) is 21.5 Å². The molecular weight excluding hydrogens is 482 g/mol. The Bertz CT molecular complexity index is 1500. The number of benzene rings is 2. The summed E-state index contributed by atoms with van der Waals surface area (Å²) in [4.78, 5) is 17.1. The van der Waals surface area contributed by atoms with Crippen LogP contribution in [0.4, 0.5) is 5.82 Å². The molecule has 1 unspecified atom stereocenters. The van der Waals surface area contributed by atoms with Gasteiger partial charge in [-0.25, -0.2) is 28.5 Å². The summed E-state index contributed by atoms with van der Waals surface area (Å²) in [5.41, 5.74) is 5.59. The van der Waals surface area contributed by atoms with Crippen molar-refractivity contribution in [3.63, 3.8) is 0 Å². The first-order valence-corrected chi connectivity index (χ1v) is 13.4. The standard InChI is InChI=1S/C24H25N7O2S2/c1-16-27-21(19-8-9-20-22(10-19)34-14-26-20)11-23(28-16)29-17(2)31-15-30(13-24(31)35(25,32)33)12-18-6-4-3-5-7-18/h3-11,13-14,17H,12,15H2,1-2H3,(H2,25,32,33)(H,27,28,29).